The van der Waals surface area contributed by atoms with Crippen molar-refractivity contribution in [2.75, 3.05) is 0 Å². The summed E-state index contributed by atoms with van der Waals surface area (Å²) < 4.78 is 0. The summed E-state index contributed by atoms with van der Waals surface area (Å²) in [4.78, 5) is 4.58. The van der Waals surface area contributed by atoms with Crippen molar-refractivity contribution in [1.82, 2.24) is 0 Å². The van der Waals surface area contributed by atoms with E-state index in [1.807, 2.05) is 30.3 Å². The molecule has 0 saturated heterocycles. The van der Waals surface area contributed by atoms with Crippen LogP contribution in [0, 0.1) is 5.41 Å². The van der Waals surface area contributed by atoms with E-state index in [1.54, 1.807) is 0 Å². The number of allylic oxidation sites excluding steroid dienone is 4. The highest BCUT2D eigenvalue weighted by atomic mass is 14.7. The second kappa shape index (κ2) is 8.61. The standard InChI is InChI=1S/C20H29N/c1-17(2)10-9-11-18(3)14-15-20(4,5)16-21-19-12-7-6-8-13-19/h6-8,10,12-14,16H,9,11,15H2,1-5H3. The van der Waals surface area contributed by atoms with Gasteiger partial charge in [0.1, 0.15) is 0 Å². The molecule has 0 aliphatic heterocycles. The van der Waals surface area contributed by atoms with Gasteiger partial charge in [0, 0.05) is 11.6 Å². The molecular weight excluding hydrogens is 254 g/mol. The topological polar surface area (TPSA) is 12.4 Å². The number of benzene rings is 1. The van der Waals surface area contributed by atoms with Gasteiger partial charge in [-0.05, 0) is 52.2 Å². The van der Waals surface area contributed by atoms with E-state index in [0.717, 1.165) is 24.9 Å². The first-order chi connectivity index (χ1) is 9.89. The molecule has 0 aliphatic rings. The second-order valence-corrected chi connectivity index (χ2v) is 6.66. The molecule has 0 atom stereocenters. The van der Waals surface area contributed by atoms with E-state index >= 15 is 0 Å². The molecule has 0 spiro atoms. The fourth-order valence-electron chi connectivity index (χ4n) is 1.94. The number of hydrogen-bond donors (Lipinski definition) is 0. The van der Waals surface area contributed by atoms with Gasteiger partial charge in [-0.3, -0.25) is 4.99 Å². The number of aliphatic imine (C=N–C) groups is 1. The maximum Gasteiger partial charge on any atom is 0.0625 e. The van der Waals surface area contributed by atoms with Crippen molar-refractivity contribution in [3.63, 3.8) is 0 Å². The van der Waals surface area contributed by atoms with Gasteiger partial charge in [-0.1, -0.05) is 55.3 Å². The Morgan fingerprint density at radius 1 is 1.05 bits per heavy atom. The van der Waals surface area contributed by atoms with Crippen molar-refractivity contribution >= 4 is 11.9 Å². The highest BCUT2D eigenvalue weighted by Crippen LogP contribution is 2.22. The Bertz CT molecular complexity index is 500. The van der Waals surface area contributed by atoms with Crippen molar-refractivity contribution < 1.29 is 0 Å². The molecule has 1 heteroatoms. The normalized spacial score (nSPS) is 12.7. The van der Waals surface area contributed by atoms with Crippen LogP contribution in [-0.4, -0.2) is 6.21 Å². The van der Waals surface area contributed by atoms with Crippen LogP contribution in [0.1, 0.15) is 53.9 Å². The highest BCUT2D eigenvalue weighted by molar-refractivity contribution is 5.69. The Kier molecular flexibility index (Phi) is 7.14. The van der Waals surface area contributed by atoms with Crippen LogP contribution in [0.2, 0.25) is 0 Å². The van der Waals surface area contributed by atoms with Crippen LogP contribution >= 0.6 is 0 Å². The van der Waals surface area contributed by atoms with E-state index in [0.29, 0.717) is 0 Å². The van der Waals surface area contributed by atoms with E-state index in [-0.39, 0.29) is 5.41 Å². The predicted molar refractivity (Wildman–Crippen MR) is 95.4 cm³/mol. The van der Waals surface area contributed by atoms with Gasteiger partial charge in [-0.2, -0.15) is 0 Å². The first-order valence-corrected chi connectivity index (χ1v) is 7.78. The smallest absolute Gasteiger partial charge is 0.0625 e. The Morgan fingerprint density at radius 2 is 1.71 bits per heavy atom. The SMILES string of the molecule is CC(C)=CCCC(C)=CCC(C)(C)C=Nc1ccccc1. The molecule has 1 nitrogen and oxygen atoms in total. The Hall–Kier alpha value is -1.63. The summed E-state index contributed by atoms with van der Waals surface area (Å²) in [6, 6.07) is 10.1. The van der Waals surface area contributed by atoms with Gasteiger partial charge in [0.25, 0.3) is 0 Å². The monoisotopic (exact) mass is 283 g/mol. The third-order valence-electron chi connectivity index (χ3n) is 3.39. The average molecular weight is 283 g/mol. The number of hydrogen-bond acceptors (Lipinski definition) is 1. The van der Waals surface area contributed by atoms with Gasteiger partial charge in [-0.25, -0.2) is 0 Å². The summed E-state index contributed by atoms with van der Waals surface area (Å²) in [7, 11) is 0. The summed E-state index contributed by atoms with van der Waals surface area (Å²) >= 11 is 0. The molecule has 0 amide bonds. The van der Waals surface area contributed by atoms with E-state index in [2.05, 4.69) is 58.0 Å². The number of rotatable bonds is 7. The van der Waals surface area contributed by atoms with Crippen LogP contribution in [0.25, 0.3) is 0 Å². The second-order valence-electron chi connectivity index (χ2n) is 6.66. The third-order valence-corrected chi connectivity index (χ3v) is 3.39. The molecule has 0 unspecified atom stereocenters. The van der Waals surface area contributed by atoms with Crippen molar-refractivity contribution in [1.29, 1.82) is 0 Å². The minimum Gasteiger partial charge on any atom is -0.261 e. The van der Waals surface area contributed by atoms with E-state index < -0.39 is 0 Å². The molecule has 0 radical (unpaired) electrons. The summed E-state index contributed by atoms with van der Waals surface area (Å²) in [6.45, 7) is 11.0. The van der Waals surface area contributed by atoms with Crippen molar-refractivity contribution in [2.45, 2.75) is 53.9 Å². The zero-order chi connectivity index (χ0) is 15.7. The molecule has 0 heterocycles. The van der Waals surface area contributed by atoms with Gasteiger partial charge in [-0.15, -0.1) is 0 Å². The van der Waals surface area contributed by atoms with Crippen LogP contribution in [-0.2, 0) is 0 Å². The fourth-order valence-corrected chi connectivity index (χ4v) is 1.94. The lowest BCUT2D eigenvalue weighted by atomic mass is 9.89. The Balaban J connectivity index is 2.51. The summed E-state index contributed by atoms with van der Waals surface area (Å²) in [6.07, 6.45) is 10.1. The van der Waals surface area contributed by atoms with E-state index in [1.165, 1.54) is 11.1 Å². The van der Waals surface area contributed by atoms with Crippen LogP contribution < -0.4 is 0 Å². The van der Waals surface area contributed by atoms with Crippen LogP contribution in [0.5, 0.6) is 0 Å². The van der Waals surface area contributed by atoms with E-state index in [9.17, 15) is 0 Å². The van der Waals surface area contributed by atoms with Crippen molar-refractivity contribution in [2.24, 2.45) is 10.4 Å². The lowest BCUT2D eigenvalue weighted by Crippen LogP contribution is -2.11. The van der Waals surface area contributed by atoms with Gasteiger partial charge < -0.3 is 0 Å². The highest BCUT2D eigenvalue weighted by Gasteiger charge is 2.13. The zero-order valence-corrected chi connectivity index (χ0v) is 14.2. The molecule has 0 aromatic heterocycles. The molecule has 1 aromatic carbocycles. The van der Waals surface area contributed by atoms with Crippen molar-refractivity contribution in [3.05, 3.63) is 53.6 Å². The number of para-hydroxylation sites is 1. The Morgan fingerprint density at radius 3 is 2.33 bits per heavy atom. The zero-order valence-electron chi connectivity index (χ0n) is 14.2. The predicted octanol–water partition coefficient (Wildman–Crippen LogP) is 6.50. The van der Waals surface area contributed by atoms with Crippen molar-refractivity contribution in [3.8, 4) is 0 Å². The molecule has 1 rings (SSSR count). The lowest BCUT2D eigenvalue weighted by molar-refractivity contribution is 0.543. The quantitative estimate of drug-likeness (QED) is 0.400. The maximum atomic E-state index is 4.58. The molecule has 0 N–H and O–H groups in total. The van der Waals surface area contributed by atoms with Gasteiger partial charge in [0.2, 0.25) is 0 Å². The first-order valence-electron chi connectivity index (χ1n) is 7.78. The average Bonchev–Trinajstić information content (AvgIpc) is 2.44. The number of nitrogens with zero attached hydrogens (tertiary/aromatic N) is 1. The lowest BCUT2D eigenvalue weighted by Gasteiger charge is -2.17. The third kappa shape index (κ3) is 8.29. The van der Waals surface area contributed by atoms with Crippen LogP contribution in [0.15, 0.2) is 58.6 Å². The first kappa shape index (κ1) is 17.4. The molecule has 1 aromatic rings. The summed E-state index contributed by atoms with van der Waals surface area (Å²) in [5.41, 5.74) is 3.98. The summed E-state index contributed by atoms with van der Waals surface area (Å²) in [5, 5.41) is 0. The molecule has 0 fully saturated rings. The van der Waals surface area contributed by atoms with Crippen LogP contribution in [0.4, 0.5) is 5.69 Å². The largest absolute Gasteiger partial charge is 0.261 e. The van der Waals surface area contributed by atoms with Gasteiger partial charge in [0.05, 0.1) is 5.69 Å². The van der Waals surface area contributed by atoms with Crippen LogP contribution in [0.3, 0.4) is 0 Å². The minimum atomic E-state index is 0.0909. The maximum absolute atomic E-state index is 4.58. The Labute approximate surface area is 130 Å². The fraction of sp³-hybridized carbons (Fsp3) is 0.450. The van der Waals surface area contributed by atoms with E-state index in [4.69, 9.17) is 0 Å². The summed E-state index contributed by atoms with van der Waals surface area (Å²) in [5.74, 6) is 0. The van der Waals surface area contributed by atoms with Gasteiger partial charge >= 0.3 is 0 Å². The van der Waals surface area contributed by atoms with Gasteiger partial charge in [0.15, 0.2) is 0 Å². The molecule has 0 aliphatic carbocycles. The molecule has 21 heavy (non-hydrogen) atoms. The minimum absolute atomic E-state index is 0.0909. The molecule has 114 valence electrons. The molecule has 0 saturated carbocycles. The molecule has 0 bridgehead atoms. The molecular formula is C20H29N.